The third kappa shape index (κ3) is 3.12. The standard InChI is InChI=1S/C16H19NO2/c1-4-13-6-5-7-14(9-13)19-16-15(10-18)11(2)8-12(3)17-16/h5-9,18H,4,10H2,1-3H3. The van der Waals surface area contributed by atoms with E-state index in [4.69, 9.17) is 4.74 Å². The van der Waals surface area contributed by atoms with Crippen LogP contribution >= 0.6 is 0 Å². The van der Waals surface area contributed by atoms with Gasteiger partial charge in [0.1, 0.15) is 5.75 Å². The van der Waals surface area contributed by atoms with Crippen molar-refractivity contribution in [3.05, 3.63) is 52.7 Å². The van der Waals surface area contributed by atoms with Gasteiger partial charge < -0.3 is 9.84 Å². The van der Waals surface area contributed by atoms with Crippen LogP contribution in [-0.2, 0) is 13.0 Å². The lowest BCUT2D eigenvalue weighted by molar-refractivity contribution is 0.274. The minimum atomic E-state index is -0.0675. The summed E-state index contributed by atoms with van der Waals surface area (Å²) in [5, 5.41) is 9.45. The lowest BCUT2D eigenvalue weighted by Crippen LogP contribution is -2.00. The van der Waals surface area contributed by atoms with Gasteiger partial charge in [-0.25, -0.2) is 4.98 Å². The van der Waals surface area contributed by atoms with E-state index >= 15 is 0 Å². The molecule has 0 radical (unpaired) electrons. The van der Waals surface area contributed by atoms with Crippen molar-refractivity contribution >= 4 is 0 Å². The molecule has 0 saturated carbocycles. The van der Waals surface area contributed by atoms with Crippen LogP contribution in [0.5, 0.6) is 11.6 Å². The highest BCUT2D eigenvalue weighted by molar-refractivity contribution is 5.39. The summed E-state index contributed by atoms with van der Waals surface area (Å²) in [5.41, 5.74) is 3.84. The van der Waals surface area contributed by atoms with Gasteiger partial charge in [0, 0.05) is 11.3 Å². The van der Waals surface area contributed by atoms with Crippen molar-refractivity contribution in [2.24, 2.45) is 0 Å². The molecule has 1 aromatic heterocycles. The topological polar surface area (TPSA) is 42.4 Å². The Hall–Kier alpha value is -1.87. The zero-order valence-electron chi connectivity index (χ0n) is 11.6. The summed E-state index contributed by atoms with van der Waals surface area (Å²) in [6.45, 7) is 5.91. The first-order valence-corrected chi connectivity index (χ1v) is 6.48. The van der Waals surface area contributed by atoms with Crippen molar-refractivity contribution in [1.29, 1.82) is 0 Å². The predicted molar refractivity (Wildman–Crippen MR) is 75.5 cm³/mol. The van der Waals surface area contributed by atoms with Crippen LogP contribution in [0, 0.1) is 13.8 Å². The van der Waals surface area contributed by atoms with Crippen molar-refractivity contribution in [3.63, 3.8) is 0 Å². The van der Waals surface area contributed by atoms with Gasteiger partial charge in [0.2, 0.25) is 5.88 Å². The van der Waals surface area contributed by atoms with E-state index in [1.54, 1.807) is 0 Å². The van der Waals surface area contributed by atoms with Gasteiger partial charge in [0.25, 0.3) is 0 Å². The summed E-state index contributed by atoms with van der Waals surface area (Å²) in [4.78, 5) is 4.37. The van der Waals surface area contributed by atoms with Crippen LogP contribution in [0.25, 0.3) is 0 Å². The van der Waals surface area contributed by atoms with Gasteiger partial charge in [-0.2, -0.15) is 0 Å². The summed E-state index contributed by atoms with van der Waals surface area (Å²) in [7, 11) is 0. The van der Waals surface area contributed by atoms with E-state index in [0.717, 1.165) is 29.0 Å². The van der Waals surface area contributed by atoms with Gasteiger partial charge in [-0.05, 0) is 49.6 Å². The fourth-order valence-corrected chi connectivity index (χ4v) is 2.05. The fraction of sp³-hybridized carbons (Fsp3) is 0.312. The average Bonchev–Trinajstić information content (AvgIpc) is 2.38. The number of aliphatic hydroxyl groups is 1. The molecule has 100 valence electrons. The molecule has 3 nitrogen and oxygen atoms in total. The highest BCUT2D eigenvalue weighted by Crippen LogP contribution is 2.27. The van der Waals surface area contributed by atoms with Gasteiger partial charge in [-0.15, -0.1) is 0 Å². The lowest BCUT2D eigenvalue weighted by atomic mass is 10.1. The minimum Gasteiger partial charge on any atom is -0.439 e. The van der Waals surface area contributed by atoms with E-state index in [0.29, 0.717) is 5.88 Å². The van der Waals surface area contributed by atoms with Crippen LogP contribution in [0.2, 0.25) is 0 Å². The number of hydrogen-bond acceptors (Lipinski definition) is 3. The van der Waals surface area contributed by atoms with Gasteiger partial charge >= 0.3 is 0 Å². The highest BCUT2D eigenvalue weighted by Gasteiger charge is 2.10. The molecule has 0 saturated heterocycles. The van der Waals surface area contributed by atoms with E-state index in [2.05, 4.69) is 18.0 Å². The van der Waals surface area contributed by atoms with Crippen molar-refractivity contribution in [1.82, 2.24) is 4.98 Å². The van der Waals surface area contributed by atoms with Gasteiger partial charge in [-0.3, -0.25) is 0 Å². The van der Waals surface area contributed by atoms with Gasteiger partial charge in [-0.1, -0.05) is 19.1 Å². The molecule has 1 N–H and O–H groups in total. The quantitative estimate of drug-likeness (QED) is 0.910. The number of aromatic nitrogens is 1. The Morgan fingerprint density at radius 1 is 1.21 bits per heavy atom. The summed E-state index contributed by atoms with van der Waals surface area (Å²) in [5.74, 6) is 1.25. The van der Waals surface area contributed by atoms with Crippen LogP contribution in [0.3, 0.4) is 0 Å². The van der Waals surface area contributed by atoms with E-state index in [-0.39, 0.29) is 6.61 Å². The molecule has 2 aromatic rings. The average molecular weight is 257 g/mol. The molecule has 0 aliphatic carbocycles. The zero-order valence-corrected chi connectivity index (χ0v) is 11.6. The Labute approximate surface area is 113 Å². The number of ether oxygens (including phenoxy) is 1. The Balaban J connectivity index is 2.36. The van der Waals surface area contributed by atoms with E-state index in [1.165, 1.54) is 5.56 Å². The van der Waals surface area contributed by atoms with Gasteiger partial charge in [0.15, 0.2) is 0 Å². The Bertz CT molecular complexity index is 579. The van der Waals surface area contributed by atoms with Gasteiger partial charge in [0.05, 0.1) is 6.61 Å². The molecular weight excluding hydrogens is 238 g/mol. The Morgan fingerprint density at radius 2 is 2.00 bits per heavy atom. The van der Waals surface area contributed by atoms with Crippen molar-refractivity contribution in [3.8, 4) is 11.6 Å². The third-order valence-corrected chi connectivity index (χ3v) is 3.12. The summed E-state index contributed by atoms with van der Waals surface area (Å²) in [6, 6.07) is 9.88. The second kappa shape index (κ2) is 5.85. The maximum Gasteiger partial charge on any atom is 0.225 e. The summed E-state index contributed by atoms with van der Waals surface area (Å²) < 4.78 is 5.83. The molecule has 0 aliphatic heterocycles. The van der Waals surface area contributed by atoms with E-state index in [9.17, 15) is 5.11 Å². The molecule has 0 unspecified atom stereocenters. The van der Waals surface area contributed by atoms with Crippen LogP contribution in [0.1, 0.15) is 29.3 Å². The van der Waals surface area contributed by atoms with Crippen LogP contribution in [-0.4, -0.2) is 10.1 Å². The van der Waals surface area contributed by atoms with E-state index in [1.807, 2.05) is 38.1 Å². The second-order valence-electron chi connectivity index (χ2n) is 4.63. The molecule has 1 aromatic carbocycles. The first-order chi connectivity index (χ1) is 9.13. The fourth-order valence-electron chi connectivity index (χ4n) is 2.05. The minimum absolute atomic E-state index is 0.0675. The first kappa shape index (κ1) is 13.6. The molecule has 19 heavy (non-hydrogen) atoms. The smallest absolute Gasteiger partial charge is 0.225 e. The lowest BCUT2D eigenvalue weighted by Gasteiger charge is -2.12. The molecule has 0 fully saturated rings. The van der Waals surface area contributed by atoms with Crippen LogP contribution < -0.4 is 4.74 Å². The molecule has 2 rings (SSSR count). The Morgan fingerprint density at radius 3 is 2.68 bits per heavy atom. The van der Waals surface area contributed by atoms with E-state index < -0.39 is 0 Å². The van der Waals surface area contributed by atoms with Crippen LogP contribution in [0.15, 0.2) is 30.3 Å². The largest absolute Gasteiger partial charge is 0.439 e. The number of hydrogen-bond donors (Lipinski definition) is 1. The molecular formula is C16H19NO2. The third-order valence-electron chi connectivity index (χ3n) is 3.12. The number of benzene rings is 1. The Kier molecular flexibility index (Phi) is 4.17. The number of aliphatic hydroxyl groups excluding tert-OH is 1. The SMILES string of the molecule is CCc1cccc(Oc2nc(C)cc(C)c2CO)c1. The number of rotatable bonds is 4. The molecule has 0 aliphatic rings. The highest BCUT2D eigenvalue weighted by atomic mass is 16.5. The van der Waals surface area contributed by atoms with Crippen LogP contribution in [0.4, 0.5) is 0 Å². The second-order valence-corrected chi connectivity index (χ2v) is 4.63. The molecule has 0 atom stereocenters. The normalized spacial score (nSPS) is 10.5. The number of nitrogens with zero attached hydrogens (tertiary/aromatic N) is 1. The summed E-state index contributed by atoms with van der Waals surface area (Å²) in [6.07, 6.45) is 0.963. The molecule has 1 heterocycles. The maximum absolute atomic E-state index is 9.45. The maximum atomic E-state index is 9.45. The predicted octanol–water partition coefficient (Wildman–Crippen LogP) is 3.55. The monoisotopic (exact) mass is 257 g/mol. The molecule has 0 amide bonds. The zero-order chi connectivity index (χ0) is 13.8. The molecule has 0 spiro atoms. The molecule has 3 heteroatoms. The molecule has 0 bridgehead atoms. The first-order valence-electron chi connectivity index (χ1n) is 6.48. The number of aryl methyl sites for hydroxylation is 3. The van der Waals surface area contributed by atoms with Crippen molar-refractivity contribution in [2.75, 3.05) is 0 Å². The number of pyridine rings is 1. The summed E-state index contributed by atoms with van der Waals surface area (Å²) >= 11 is 0. The van der Waals surface area contributed by atoms with Crippen molar-refractivity contribution < 1.29 is 9.84 Å². The van der Waals surface area contributed by atoms with Crippen molar-refractivity contribution in [2.45, 2.75) is 33.8 Å².